The number of rotatable bonds is 21. The second-order valence-corrected chi connectivity index (χ2v) is 9.92. The third kappa shape index (κ3) is 13.8. The number of likely N-dealkylation sites (tertiary alicyclic amines) is 1. The molecule has 36 heavy (non-hydrogen) atoms. The molecule has 0 saturated carbocycles. The van der Waals surface area contributed by atoms with Crippen LogP contribution in [0.5, 0.6) is 0 Å². The van der Waals surface area contributed by atoms with Crippen LogP contribution in [0, 0.1) is 0 Å². The van der Waals surface area contributed by atoms with Gasteiger partial charge in [0.2, 0.25) is 17.7 Å². The van der Waals surface area contributed by atoms with E-state index in [1.54, 1.807) is 11.9 Å². The first-order valence-corrected chi connectivity index (χ1v) is 14.1. The van der Waals surface area contributed by atoms with Crippen molar-refractivity contribution >= 4 is 23.7 Å². The SMILES string of the molecule is CCCCCCCCCCCCCC(=O)N1CCCC1C(=O)NC(CCC(=O)O)C(=O)NCCNC. The summed E-state index contributed by atoms with van der Waals surface area (Å²) in [6, 6.07) is -1.53. The van der Waals surface area contributed by atoms with Crippen molar-refractivity contribution in [1.82, 2.24) is 20.9 Å². The standard InChI is InChI=1S/C27H50N4O5/c1-3-4-5-6-7-8-9-10-11-12-13-16-24(32)31-21-14-15-23(31)27(36)30-22(17-18-25(33)34)26(35)29-20-19-28-2/h22-23,28H,3-21H2,1-2H3,(H,29,35)(H,30,36)(H,33,34). The molecular weight excluding hydrogens is 460 g/mol. The van der Waals surface area contributed by atoms with Crippen LogP contribution in [0.4, 0.5) is 0 Å². The maximum atomic E-state index is 13.0. The van der Waals surface area contributed by atoms with E-state index in [-0.39, 0.29) is 24.7 Å². The zero-order valence-electron chi connectivity index (χ0n) is 22.6. The van der Waals surface area contributed by atoms with Gasteiger partial charge >= 0.3 is 5.97 Å². The summed E-state index contributed by atoms with van der Waals surface area (Å²) in [7, 11) is 1.76. The number of carboxylic acids is 1. The maximum Gasteiger partial charge on any atom is 0.303 e. The van der Waals surface area contributed by atoms with Crippen LogP contribution in [0.2, 0.25) is 0 Å². The van der Waals surface area contributed by atoms with E-state index in [1.807, 2.05) is 0 Å². The van der Waals surface area contributed by atoms with Crippen molar-refractivity contribution in [3.05, 3.63) is 0 Å². The number of carbonyl (C=O) groups is 4. The van der Waals surface area contributed by atoms with Crippen LogP contribution in [0.15, 0.2) is 0 Å². The Balaban J connectivity index is 2.39. The molecule has 9 heteroatoms. The molecule has 0 aliphatic carbocycles. The average molecular weight is 511 g/mol. The van der Waals surface area contributed by atoms with Crippen molar-refractivity contribution in [2.24, 2.45) is 0 Å². The molecule has 0 aromatic rings. The predicted molar refractivity (Wildman–Crippen MR) is 142 cm³/mol. The molecule has 1 aliphatic heterocycles. The third-order valence-corrected chi connectivity index (χ3v) is 6.82. The highest BCUT2D eigenvalue weighted by atomic mass is 16.4. The van der Waals surface area contributed by atoms with Crippen molar-refractivity contribution in [2.75, 3.05) is 26.7 Å². The monoisotopic (exact) mass is 510 g/mol. The van der Waals surface area contributed by atoms with Gasteiger partial charge in [-0.2, -0.15) is 0 Å². The second kappa shape index (κ2) is 20.0. The summed E-state index contributed by atoms with van der Waals surface area (Å²) >= 11 is 0. The Bertz CT molecular complexity index is 658. The summed E-state index contributed by atoms with van der Waals surface area (Å²) < 4.78 is 0. The van der Waals surface area contributed by atoms with E-state index in [0.717, 1.165) is 25.7 Å². The van der Waals surface area contributed by atoms with E-state index in [2.05, 4.69) is 22.9 Å². The minimum atomic E-state index is -1.03. The molecule has 0 radical (unpaired) electrons. The lowest BCUT2D eigenvalue weighted by atomic mass is 10.0. The smallest absolute Gasteiger partial charge is 0.303 e. The summed E-state index contributed by atoms with van der Waals surface area (Å²) in [5, 5.41) is 17.4. The summed E-state index contributed by atoms with van der Waals surface area (Å²) in [5.41, 5.74) is 0. The number of amides is 3. The zero-order valence-corrected chi connectivity index (χ0v) is 22.6. The highest BCUT2D eigenvalue weighted by molar-refractivity contribution is 5.92. The number of unbranched alkanes of at least 4 members (excludes halogenated alkanes) is 10. The molecule has 0 aromatic heterocycles. The number of carbonyl (C=O) groups excluding carboxylic acids is 3. The minimum Gasteiger partial charge on any atom is -0.481 e. The Labute approximate surface area is 217 Å². The minimum absolute atomic E-state index is 0.00582. The third-order valence-electron chi connectivity index (χ3n) is 6.82. The highest BCUT2D eigenvalue weighted by Crippen LogP contribution is 2.20. The quantitative estimate of drug-likeness (QED) is 0.175. The van der Waals surface area contributed by atoms with Crippen molar-refractivity contribution in [3.63, 3.8) is 0 Å². The number of nitrogens with zero attached hydrogens (tertiary/aromatic N) is 1. The van der Waals surface area contributed by atoms with E-state index in [9.17, 15) is 19.2 Å². The second-order valence-electron chi connectivity index (χ2n) is 9.92. The molecule has 1 heterocycles. The van der Waals surface area contributed by atoms with E-state index in [4.69, 9.17) is 5.11 Å². The Morgan fingerprint density at radius 3 is 2.08 bits per heavy atom. The van der Waals surface area contributed by atoms with Crippen molar-refractivity contribution < 1.29 is 24.3 Å². The molecule has 9 nitrogen and oxygen atoms in total. The molecule has 208 valence electrons. The fraction of sp³-hybridized carbons (Fsp3) is 0.852. The topological polar surface area (TPSA) is 128 Å². The van der Waals surface area contributed by atoms with E-state index < -0.39 is 24.0 Å². The van der Waals surface area contributed by atoms with Crippen molar-refractivity contribution in [2.45, 2.75) is 122 Å². The number of carboxylic acid groups (broad SMARTS) is 1. The van der Waals surface area contributed by atoms with Crippen LogP contribution in [-0.2, 0) is 19.2 Å². The molecule has 0 spiro atoms. The van der Waals surface area contributed by atoms with Crippen LogP contribution in [0.25, 0.3) is 0 Å². The van der Waals surface area contributed by atoms with Gasteiger partial charge in [0, 0.05) is 32.5 Å². The summed E-state index contributed by atoms with van der Waals surface area (Å²) in [5.74, 6) is -1.82. The number of nitrogens with one attached hydrogen (secondary N) is 3. The molecule has 2 atom stereocenters. The van der Waals surface area contributed by atoms with Gasteiger partial charge in [0.15, 0.2) is 0 Å². The Hall–Kier alpha value is -2.16. The molecule has 1 aliphatic rings. The fourth-order valence-corrected chi connectivity index (χ4v) is 4.66. The maximum absolute atomic E-state index is 13.0. The fourth-order valence-electron chi connectivity index (χ4n) is 4.66. The molecule has 1 saturated heterocycles. The highest BCUT2D eigenvalue weighted by Gasteiger charge is 2.35. The van der Waals surface area contributed by atoms with Gasteiger partial charge in [-0.3, -0.25) is 19.2 Å². The van der Waals surface area contributed by atoms with Gasteiger partial charge < -0.3 is 26.0 Å². The lowest BCUT2D eigenvalue weighted by molar-refractivity contribution is -0.140. The van der Waals surface area contributed by atoms with Crippen LogP contribution in [0.3, 0.4) is 0 Å². The molecule has 3 amide bonds. The van der Waals surface area contributed by atoms with Gasteiger partial charge in [0.1, 0.15) is 12.1 Å². The Morgan fingerprint density at radius 2 is 1.50 bits per heavy atom. The van der Waals surface area contributed by atoms with E-state index in [1.165, 1.54) is 51.4 Å². The first kappa shape index (κ1) is 31.9. The van der Waals surface area contributed by atoms with Crippen LogP contribution < -0.4 is 16.0 Å². The van der Waals surface area contributed by atoms with Crippen LogP contribution >= 0.6 is 0 Å². The van der Waals surface area contributed by atoms with Crippen LogP contribution in [-0.4, -0.2) is 72.5 Å². The average Bonchev–Trinajstić information content (AvgIpc) is 3.35. The van der Waals surface area contributed by atoms with Crippen molar-refractivity contribution in [3.8, 4) is 0 Å². The van der Waals surface area contributed by atoms with Gasteiger partial charge in [-0.25, -0.2) is 0 Å². The first-order valence-electron chi connectivity index (χ1n) is 14.1. The molecule has 0 bridgehead atoms. The number of hydrogen-bond donors (Lipinski definition) is 4. The van der Waals surface area contributed by atoms with Gasteiger partial charge in [0.05, 0.1) is 0 Å². The van der Waals surface area contributed by atoms with Crippen molar-refractivity contribution in [1.29, 1.82) is 0 Å². The number of aliphatic carboxylic acids is 1. The lowest BCUT2D eigenvalue weighted by Gasteiger charge is -2.26. The summed E-state index contributed by atoms with van der Waals surface area (Å²) in [6.07, 6.45) is 14.9. The van der Waals surface area contributed by atoms with Gasteiger partial charge in [-0.1, -0.05) is 71.1 Å². The predicted octanol–water partition coefficient (Wildman–Crippen LogP) is 3.36. The van der Waals surface area contributed by atoms with Gasteiger partial charge in [-0.15, -0.1) is 0 Å². The Kier molecular flexibility index (Phi) is 17.7. The largest absolute Gasteiger partial charge is 0.481 e. The first-order chi connectivity index (χ1) is 17.4. The molecule has 1 rings (SSSR count). The molecular formula is C27H50N4O5. The summed E-state index contributed by atoms with van der Waals surface area (Å²) in [4.78, 5) is 50.9. The normalized spacial score (nSPS) is 16.1. The zero-order chi connectivity index (χ0) is 26.6. The number of likely N-dealkylation sites (N-methyl/N-ethyl adjacent to an activating group) is 1. The lowest BCUT2D eigenvalue weighted by Crippen LogP contribution is -2.53. The summed E-state index contributed by atoms with van der Waals surface area (Å²) in [6.45, 7) is 3.72. The van der Waals surface area contributed by atoms with Gasteiger partial charge in [0.25, 0.3) is 0 Å². The van der Waals surface area contributed by atoms with Gasteiger partial charge in [-0.05, 0) is 32.7 Å². The van der Waals surface area contributed by atoms with E-state index in [0.29, 0.717) is 32.5 Å². The molecule has 0 aromatic carbocycles. The molecule has 2 unspecified atom stereocenters. The molecule has 1 fully saturated rings. The van der Waals surface area contributed by atoms with E-state index >= 15 is 0 Å². The number of hydrogen-bond acceptors (Lipinski definition) is 5. The Morgan fingerprint density at radius 1 is 0.889 bits per heavy atom. The van der Waals surface area contributed by atoms with Crippen LogP contribution in [0.1, 0.15) is 110 Å². The molecule has 4 N–H and O–H groups in total.